The summed E-state index contributed by atoms with van der Waals surface area (Å²) in [4.78, 5) is 23.5. The lowest BCUT2D eigenvalue weighted by Crippen LogP contribution is -2.40. The predicted octanol–water partition coefficient (Wildman–Crippen LogP) is 1.85. The zero-order chi connectivity index (χ0) is 18.9. The van der Waals surface area contributed by atoms with Gasteiger partial charge in [-0.3, -0.25) is 4.79 Å². The van der Waals surface area contributed by atoms with E-state index in [-0.39, 0.29) is 6.42 Å². The molecule has 0 fully saturated rings. The van der Waals surface area contributed by atoms with Crippen molar-refractivity contribution in [2.75, 3.05) is 6.61 Å². The third-order valence-electron chi connectivity index (χ3n) is 3.71. The number of hydrogen-bond donors (Lipinski definition) is 1. The van der Waals surface area contributed by atoms with Gasteiger partial charge in [-0.1, -0.05) is 30.3 Å². The summed E-state index contributed by atoms with van der Waals surface area (Å²) in [6, 6.07) is 15.1. The van der Waals surface area contributed by atoms with Crippen molar-refractivity contribution in [1.29, 1.82) is 0 Å². The van der Waals surface area contributed by atoms with Crippen molar-refractivity contribution < 1.29 is 24.2 Å². The van der Waals surface area contributed by atoms with E-state index in [0.717, 1.165) is 0 Å². The minimum atomic E-state index is -1.25. The van der Waals surface area contributed by atoms with Gasteiger partial charge in [-0.15, -0.1) is 0 Å². The predicted molar refractivity (Wildman–Crippen MR) is 94.7 cm³/mol. The van der Waals surface area contributed by atoms with Crippen molar-refractivity contribution >= 4 is 11.9 Å². The Bertz CT molecular complexity index is 715. The number of carbonyl (C=O) groups excluding carboxylic acids is 2. The standard InChI is InChI=1S/C20H23NO5/c1-3-25-16-11-9-15(10-12-16)18(13-19(22)23)21-20(24)14(2)26-17-7-5-4-6-8-17/h4-12,14,18H,3,13H2,1-2H3,(H,21,24)(H,22,23)/p-1/t14-,18-/m1/s1. The van der Waals surface area contributed by atoms with E-state index in [1.165, 1.54) is 0 Å². The number of aliphatic carboxylic acids is 1. The highest BCUT2D eigenvalue weighted by Crippen LogP contribution is 2.21. The van der Waals surface area contributed by atoms with Gasteiger partial charge in [-0.2, -0.15) is 0 Å². The molecule has 1 amide bonds. The van der Waals surface area contributed by atoms with Gasteiger partial charge in [0.1, 0.15) is 11.5 Å². The lowest BCUT2D eigenvalue weighted by Gasteiger charge is -2.22. The highest BCUT2D eigenvalue weighted by molar-refractivity contribution is 5.81. The van der Waals surface area contributed by atoms with Crippen molar-refractivity contribution in [3.8, 4) is 11.5 Å². The van der Waals surface area contributed by atoms with E-state index in [2.05, 4.69) is 5.32 Å². The molecule has 6 nitrogen and oxygen atoms in total. The molecule has 6 heteroatoms. The van der Waals surface area contributed by atoms with Crippen molar-refractivity contribution in [2.24, 2.45) is 0 Å². The summed E-state index contributed by atoms with van der Waals surface area (Å²) < 4.78 is 10.9. The van der Waals surface area contributed by atoms with Crippen LogP contribution in [0.25, 0.3) is 0 Å². The minimum Gasteiger partial charge on any atom is -0.550 e. The van der Waals surface area contributed by atoms with Crippen LogP contribution in [0.4, 0.5) is 0 Å². The molecule has 0 bridgehead atoms. The van der Waals surface area contributed by atoms with Gasteiger partial charge in [0.25, 0.3) is 5.91 Å². The normalized spacial score (nSPS) is 12.7. The largest absolute Gasteiger partial charge is 0.550 e. The second kappa shape index (κ2) is 9.46. The Kier molecular flexibility index (Phi) is 7.02. The highest BCUT2D eigenvalue weighted by Gasteiger charge is 2.20. The SMILES string of the molecule is CCOc1ccc([C@@H](CC(=O)[O-])NC(=O)[C@@H](C)Oc2ccccc2)cc1. The highest BCUT2D eigenvalue weighted by atomic mass is 16.5. The van der Waals surface area contributed by atoms with Crippen LogP contribution >= 0.6 is 0 Å². The number of nitrogens with one attached hydrogen (secondary N) is 1. The Labute approximate surface area is 152 Å². The maximum absolute atomic E-state index is 12.4. The van der Waals surface area contributed by atoms with Crippen LogP contribution in [0.15, 0.2) is 54.6 Å². The van der Waals surface area contributed by atoms with E-state index in [0.29, 0.717) is 23.7 Å². The summed E-state index contributed by atoms with van der Waals surface area (Å²) >= 11 is 0. The number of para-hydroxylation sites is 1. The van der Waals surface area contributed by atoms with Crippen LogP contribution in [0.1, 0.15) is 31.9 Å². The molecule has 0 saturated carbocycles. The molecule has 2 atom stereocenters. The van der Waals surface area contributed by atoms with Gasteiger partial charge >= 0.3 is 0 Å². The molecular formula is C20H22NO5-. The molecule has 2 aromatic carbocycles. The average molecular weight is 356 g/mol. The number of ether oxygens (including phenoxy) is 2. The summed E-state index contributed by atoms with van der Waals surface area (Å²) in [6.45, 7) is 4.02. The van der Waals surface area contributed by atoms with Crippen LogP contribution in [0.5, 0.6) is 11.5 Å². The molecule has 1 N–H and O–H groups in total. The van der Waals surface area contributed by atoms with Gasteiger partial charge in [0.2, 0.25) is 0 Å². The number of amides is 1. The fourth-order valence-corrected chi connectivity index (χ4v) is 2.43. The topological polar surface area (TPSA) is 87.7 Å². The molecule has 2 rings (SSSR count). The van der Waals surface area contributed by atoms with Crippen LogP contribution in [-0.4, -0.2) is 24.6 Å². The Morgan fingerprint density at radius 2 is 1.69 bits per heavy atom. The van der Waals surface area contributed by atoms with Crippen LogP contribution in [0, 0.1) is 0 Å². The van der Waals surface area contributed by atoms with Crippen molar-refractivity contribution in [3.05, 3.63) is 60.2 Å². The molecule has 0 spiro atoms. The van der Waals surface area contributed by atoms with Gasteiger partial charge in [-0.25, -0.2) is 0 Å². The van der Waals surface area contributed by atoms with Gasteiger partial charge in [0, 0.05) is 12.4 Å². The molecule has 0 heterocycles. The van der Waals surface area contributed by atoms with E-state index in [4.69, 9.17) is 9.47 Å². The summed E-state index contributed by atoms with van der Waals surface area (Å²) in [5, 5.41) is 13.8. The maximum Gasteiger partial charge on any atom is 0.261 e. The van der Waals surface area contributed by atoms with Gasteiger partial charge in [0.05, 0.1) is 12.6 Å². The zero-order valence-corrected chi connectivity index (χ0v) is 14.8. The Morgan fingerprint density at radius 3 is 2.27 bits per heavy atom. The first-order valence-corrected chi connectivity index (χ1v) is 8.44. The van der Waals surface area contributed by atoms with Crippen LogP contribution in [-0.2, 0) is 9.59 Å². The molecule has 26 heavy (non-hydrogen) atoms. The van der Waals surface area contributed by atoms with Crippen molar-refractivity contribution in [2.45, 2.75) is 32.4 Å². The molecule has 0 aromatic heterocycles. The first kappa shape index (κ1) is 19.3. The lowest BCUT2D eigenvalue weighted by atomic mass is 10.0. The number of carbonyl (C=O) groups is 2. The molecule has 138 valence electrons. The molecular weight excluding hydrogens is 334 g/mol. The first-order chi connectivity index (χ1) is 12.5. The smallest absolute Gasteiger partial charge is 0.261 e. The first-order valence-electron chi connectivity index (χ1n) is 8.44. The molecule has 2 aromatic rings. The molecule has 0 aliphatic carbocycles. The summed E-state index contributed by atoms with van der Waals surface area (Å²) in [6.07, 6.45) is -1.11. The van der Waals surface area contributed by atoms with Crippen LogP contribution < -0.4 is 19.9 Å². The monoisotopic (exact) mass is 356 g/mol. The van der Waals surface area contributed by atoms with E-state index in [1.807, 2.05) is 13.0 Å². The van der Waals surface area contributed by atoms with Crippen LogP contribution in [0.3, 0.4) is 0 Å². The summed E-state index contributed by atoms with van der Waals surface area (Å²) in [5.41, 5.74) is 0.651. The van der Waals surface area contributed by atoms with Gasteiger partial charge in [-0.05, 0) is 43.7 Å². The molecule has 0 unspecified atom stereocenters. The quantitative estimate of drug-likeness (QED) is 0.741. The molecule has 0 radical (unpaired) electrons. The number of benzene rings is 2. The Balaban J connectivity index is 2.06. The van der Waals surface area contributed by atoms with Gasteiger partial charge < -0.3 is 24.7 Å². The van der Waals surface area contributed by atoms with Gasteiger partial charge in [0.15, 0.2) is 6.10 Å². The maximum atomic E-state index is 12.4. The second-order valence-corrected chi connectivity index (χ2v) is 5.71. The number of carboxylic acid groups (broad SMARTS) is 1. The number of carboxylic acids is 1. The summed E-state index contributed by atoms with van der Waals surface area (Å²) in [5.74, 6) is -0.418. The van der Waals surface area contributed by atoms with Crippen LogP contribution in [0.2, 0.25) is 0 Å². The fraction of sp³-hybridized carbons (Fsp3) is 0.300. The molecule has 0 aliphatic rings. The van der Waals surface area contributed by atoms with Crippen molar-refractivity contribution in [1.82, 2.24) is 5.32 Å². The van der Waals surface area contributed by atoms with E-state index < -0.39 is 24.0 Å². The zero-order valence-electron chi connectivity index (χ0n) is 14.8. The minimum absolute atomic E-state index is 0.336. The molecule has 0 saturated heterocycles. The van der Waals surface area contributed by atoms with E-state index in [1.54, 1.807) is 55.5 Å². The van der Waals surface area contributed by atoms with Crippen molar-refractivity contribution in [3.63, 3.8) is 0 Å². The second-order valence-electron chi connectivity index (χ2n) is 5.71. The average Bonchev–Trinajstić information content (AvgIpc) is 2.62. The molecule has 0 aliphatic heterocycles. The van der Waals surface area contributed by atoms with E-state index >= 15 is 0 Å². The fourth-order valence-electron chi connectivity index (χ4n) is 2.43. The number of rotatable bonds is 9. The Morgan fingerprint density at radius 1 is 1.04 bits per heavy atom. The third kappa shape index (κ3) is 5.81. The third-order valence-corrected chi connectivity index (χ3v) is 3.71. The Hall–Kier alpha value is -3.02. The number of hydrogen-bond acceptors (Lipinski definition) is 5. The summed E-state index contributed by atoms with van der Waals surface area (Å²) in [7, 11) is 0. The lowest BCUT2D eigenvalue weighted by molar-refractivity contribution is -0.306. The van der Waals surface area contributed by atoms with E-state index in [9.17, 15) is 14.7 Å².